The van der Waals surface area contributed by atoms with E-state index < -0.39 is 17.5 Å². The molecule has 1 aliphatic heterocycles. The third kappa shape index (κ3) is 4.36. The first-order valence-corrected chi connectivity index (χ1v) is 8.50. The molecule has 0 aliphatic carbocycles. The van der Waals surface area contributed by atoms with Gasteiger partial charge in [0.05, 0.1) is 5.92 Å². The van der Waals surface area contributed by atoms with Crippen LogP contribution in [0.2, 0.25) is 0 Å². The highest BCUT2D eigenvalue weighted by Crippen LogP contribution is 2.20. The van der Waals surface area contributed by atoms with E-state index in [9.17, 15) is 23.2 Å². The van der Waals surface area contributed by atoms with Crippen LogP contribution in [-0.2, 0) is 11.3 Å². The Morgan fingerprint density at radius 3 is 2.67 bits per heavy atom. The monoisotopic (exact) mass is 376 g/mol. The molecule has 1 aliphatic rings. The molecule has 2 heterocycles. The fraction of sp³-hybridized carbons (Fsp3) is 0.333. The molecule has 0 unspecified atom stereocenters. The zero-order valence-corrected chi connectivity index (χ0v) is 14.4. The van der Waals surface area contributed by atoms with E-state index in [0.29, 0.717) is 19.5 Å². The normalized spacial score (nSPS) is 13.9. The van der Waals surface area contributed by atoms with Crippen LogP contribution in [-0.4, -0.2) is 46.1 Å². The first kappa shape index (κ1) is 18.7. The molecule has 27 heavy (non-hydrogen) atoms. The highest BCUT2D eigenvalue weighted by Gasteiger charge is 2.36. The Morgan fingerprint density at radius 2 is 1.96 bits per heavy atom. The maximum atomic E-state index is 13.2. The van der Waals surface area contributed by atoms with Crippen molar-refractivity contribution in [2.24, 2.45) is 5.92 Å². The number of nitrogens with zero attached hydrogens (tertiary/aromatic N) is 3. The van der Waals surface area contributed by atoms with Crippen LogP contribution < -0.4 is 10.9 Å². The molecule has 0 atom stereocenters. The van der Waals surface area contributed by atoms with Crippen molar-refractivity contribution in [2.75, 3.05) is 19.6 Å². The van der Waals surface area contributed by atoms with Gasteiger partial charge < -0.3 is 10.2 Å². The van der Waals surface area contributed by atoms with E-state index in [0.717, 1.165) is 12.1 Å². The van der Waals surface area contributed by atoms with Crippen LogP contribution in [0.25, 0.3) is 0 Å². The van der Waals surface area contributed by atoms with Gasteiger partial charge in [-0.05, 0) is 30.7 Å². The summed E-state index contributed by atoms with van der Waals surface area (Å²) in [6.07, 6.45) is 2.07. The maximum absolute atomic E-state index is 13.2. The molecule has 1 aromatic carbocycles. The van der Waals surface area contributed by atoms with E-state index in [1.54, 1.807) is 6.07 Å². The van der Waals surface area contributed by atoms with Gasteiger partial charge >= 0.3 is 0 Å². The SMILES string of the molecule is O=C(NCCCn1ncccc1=O)C1CN(C(=O)c2ccc(F)c(F)c2)C1. The van der Waals surface area contributed by atoms with Gasteiger partial charge in [-0.25, -0.2) is 13.5 Å². The molecule has 1 N–H and O–H groups in total. The number of amides is 2. The van der Waals surface area contributed by atoms with Gasteiger partial charge in [-0.1, -0.05) is 0 Å². The van der Waals surface area contributed by atoms with E-state index in [1.165, 1.54) is 27.9 Å². The predicted octanol–water partition coefficient (Wildman–Crippen LogP) is 0.800. The number of aromatic nitrogens is 2. The molecule has 0 bridgehead atoms. The van der Waals surface area contributed by atoms with Crippen LogP contribution >= 0.6 is 0 Å². The van der Waals surface area contributed by atoms with Crippen molar-refractivity contribution < 1.29 is 18.4 Å². The number of benzene rings is 1. The summed E-state index contributed by atoms with van der Waals surface area (Å²) in [5, 5.41) is 6.68. The molecule has 0 saturated carbocycles. The number of hydrogen-bond donors (Lipinski definition) is 1. The summed E-state index contributed by atoms with van der Waals surface area (Å²) in [7, 11) is 0. The van der Waals surface area contributed by atoms with Crippen molar-refractivity contribution in [3.8, 4) is 0 Å². The third-order valence-corrected chi connectivity index (χ3v) is 4.34. The summed E-state index contributed by atoms with van der Waals surface area (Å²) in [6, 6.07) is 5.95. The second-order valence-corrected chi connectivity index (χ2v) is 6.27. The standard InChI is InChI=1S/C18H18F2N4O3/c19-14-5-4-12(9-15(14)20)18(27)23-10-13(11-23)17(26)21-6-2-8-24-16(25)3-1-7-22-24/h1,3-5,7,9,13H,2,6,8,10-11H2,(H,21,26). The second-order valence-electron chi connectivity index (χ2n) is 6.27. The van der Waals surface area contributed by atoms with Crippen molar-refractivity contribution in [3.05, 3.63) is 64.1 Å². The lowest BCUT2D eigenvalue weighted by Gasteiger charge is -2.38. The minimum Gasteiger partial charge on any atom is -0.356 e. The van der Waals surface area contributed by atoms with E-state index in [1.807, 2.05) is 0 Å². The highest BCUT2D eigenvalue weighted by molar-refractivity contribution is 5.96. The zero-order valence-electron chi connectivity index (χ0n) is 14.4. The van der Waals surface area contributed by atoms with E-state index in [2.05, 4.69) is 10.4 Å². The van der Waals surface area contributed by atoms with Gasteiger partial charge in [-0.15, -0.1) is 0 Å². The second kappa shape index (κ2) is 8.07. The molecule has 2 aromatic rings. The van der Waals surface area contributed by atoms with Gasteiger partial charge in [-0.3, -0.25) is 14.4 Å². The molecule has 7 nitrogen and oxygen atoms in total. The number of hydrogen-bond acceptors (Lipinski definition) is 4. The summed E-state index contributed by atoms with van der Waals surface area (Å²) in [5.41, 5.74) is -0.150. The van der Waals surface area contributed by atoms with Gasteiger partial charge in [0.2, 0.25) is 5.91 Å². The molecule has 1 aromatic heterocycles. The summed E-state index contributed by atoms with van der Waals surface area (Å²) in [4.78, 5) is 37.1. The molecule has 142 valence electrons. The Balaban J connectivity index is 1.40. The molecule has 1 saturated heterocycles. The Labute approximate surface area is 153 Å². The van der Waals surface area contributed by atoms with Crippen LogP contribution in [0.4, 0.5) is 8.78 Å². The van der Waals surface area contributed by atoms with E-state index in [4.69, 9.17) is 0 Å². The Bertz CT molecular complexity index is 909. The van der Waals surface area contributed by atoms with E-state index in [-0.39, 0.29) is 36.0 Å². The number of nitrogens with one attached hydrogen (secondary N) is 1. The lowest BCUT2D eigenvalue weighted by molar-refractivity contribution is -0.128. The van der Waals surface area contributed by atoms with Gasteiger partial charge in [0, 0.05) is 44.0 Å². The average Bonchev–Trinajstić information content (AvgIpc) is 2.61. The Morgan fingerprint density at radius 1 is 1.19 bits per heavy atom. The minimum atomic E-state index is -1.08. The van der Waals surface area contributed by atoms with Crippen molar-refractivity contribution >= 4 is 11.8 Å². The molecular weight excluding hydrogens is 358 g/mol. The van der Waals surface area contributed by atoms with Crippen LogP contribution in [0, 0.1) is 17.6 Å². The predicted molar refractivity (Wildman–Crippen MR) is 91.9 cm³/mol. The van der Waals surface area contributed by atoms with Gasteiger partial charge in [0.25, 0.3) is 11.5 Å². The number of rotatable bonds is 6. The van der Waals surface area contributed by atoms with Crippen molar-refractivity contribution in [2.45, 2.75) is 13.0 Å². The van der Waals surface area contributed by atoms with Crippen molar-refractivity contribution in [1.82, 2.24) is 20.0 Å². The topological polar surface area (TPSA) is 84.3 Å². The summed E-state index contributed by atoms with van der Waals surface area (Å²) < 4.78 is 27.5. The summed E-state index contributed by atoms with van der Waals surface area (Å²) in [5.74, 6) is -3.05. The van der Waals surface area contributed by atoms with Gasteiger partial charge in [0.15, 0.2) is 11.6 Å². The molecule has 9 heteroatoms. The molecule has 0 radical (unpaired) electrons. The van der Waals surface area contributed by atoms with Crippen LogP contribution in [0.5, 0.6) is 0 Å². The minimum absolute atomic E-state index is 0.0496. The molecule has 1 fully saturated rings. The number of halogens is 2. The molecule has 2 amide bonds. The smallest absolute Gasteiger partial charge is 0.266 e. The largest absolute Gasteiger partial charge is 0.356 e. The van der Waals surface area contributed by atoms with Gasteiger partial charge in [-0.2, -0.15) is 5.10 Å². The fourth-order valence-electron chi connectivity index (χ4n) is 2.76. The lowest BCUT2D eigenvalue weighted by Crippen LogP contribution is -2.55. The first-order chi connectivity index (χ1) is 13.0. The first-order valence-electron chi connectivity index (χ1n) is 8.50. The van der Waals surface area contributed by atoms with Crippen molar-refractivity contribution in [1.29, 1.82) is 0 Å². The lowest BCUT2D eigenvalue weighted by atomic mass is 9.97. The Kier molecular flexibility index (Phi) is 5.58. The number of likely N-dealkylation sites (tertiary alicyclic amines) is 1. The zero-order chi connectivity index (χ0) is 19.4. The number of carbonyl (C=O) groups is 2. The fourth-order valence-corrected chi connectivity index (χ4v) is 2.76. The quantitative estimate of drug-likeness (QED) is 0.756. The summed E-state index contributed by atoms with van der Waals surface area (Å²) >= 11 is 0. The number of aryl methyl sites for hydroxylation is 1. The molecular formula is C18H18F2N4O3. The Hall–Kier alpha value is -3.10. The molecule has 3 rings (SSSR count). The third-order valence-electron chi connectivity index (χ3n) is 4.34. The molecule has 0 spiro atoms. The van der Waals surface area contributed by atoms with E-state index >= 15 is 0 Å². The van der Waals surface area contributed by atoms with Crippen molar-refractivity contribution in [3.63, 3.8) is 0 Å². The average molecular weight is 376 g/mol. The summed E-state index contributed by atoms with van der Waals surface area (Å²) in [6.45, 7) is 1.23. The van der Waals surface area contributed by atoms with Crippen LogP contribution in [0.1, 0.15) is 16.8 Å². The highest BCUT2D eigenvalue weighted by atomic mass is 19.2. The van der Waals surface area contributed by atoms with Gasteiger partial charge in [0.1, 0.15) is 0 Å². The maximum Gasteiger partial charge on any atom is 0.266 e. The van der Waals surface area contributed by atoms with Crippen LogP contribution in [0.3, 0.4) is 0 Å². The number of carbonyl (C=O) groups excluding carboxylic acids is 2. The van der Waals surface area contributed by atoms with Crippen LogP contribution in [0.15, 0.2) is 41.3 Å².